The zero-order valence-corrected chi connectivity index (χ0v) is 6.62. The van der Waals surface area contributed by atoms with Gasteiger partial charge in [0, 0.05) is 11.3 Å². The van der Waals surface area contributed by atoms with Crippen LogP contribution in [-0.4, -0.2) is 21.7 Å². The molecule has 1 aliphatic rings. The second kappa shape index (κ2) is 2.77. The van der Waals surface area contributed by atoms with Crippen molar-refractivity contribution in [3.05, 3.63) is 10.1 Å². The maximum Gasteiger partial charge on any atom is 0.241 e. The van der Waals surface area contributed by atoms with Gasteiger partial charge in [-0.2, -0.15) is 0 Å². The molecule has 64 valence electrons. The van der Waals surface area contributed by atoms with E-state index >= 15 is 0 Å². The molecule has 0 aromatic rings. The number of hydrogen-bond acceptors (Lipinski definition) is 3. The molecular weight excluding hydrogens is 146 g/mol. The predicted molar refractivity (Wildman–Crippen MR) is 39.9 cm³/mol. The van der Waals surface area contributed by atoms with Crippen LogP contribution in [0.1, 0.15) is 32.6 Å². The number of nitrogens with zero attached hydrogens (tertiary/aromatic N) is 1. The van der Waals surface area contributed by atoms with E-state index in [1.165, 1.54) is 0 Å². The van der Waals surface area contributed by atoms with Crippen LogP contribution in [0.15, 0.2) is 0 Å². The molecule has 0 aromatic carbocycles. The van der Waals surface area contributed by atoms with Crippen LogP contribution >= 0.6 is 0 Å². The highest BCUT2D eigenvalue weighted by Gasteiger charge is 2.42. The lowest BCUT2D eigenvalue weighted by Gasteiger charge is -2.30. The van der Waals surface area contributed by atoms with E-state index in [1.807, 2.05) is 0 Å². The first-order chi connectivity index (χ1) is 5.04. The highest BCUT2D eigenvalue weighted by Crippen LogP contribution is 2.29. The summed E-state index contributed by atoms with van der Waals surface area (Å²) in [4.78, 5) is 10.1. The second-order valence-electron chi connectivity index (χ2n) is 3.40. The van der Waals surface area contributed by atoms with Crippen LogP contribution in [0, 0.1) is 10.1 Å². The van der Waals surface area contributed by atoms with Crippen molar-refractivity contribution in [1.29, 1.82) is 0 Å². The molecule has 0 aliphatic heterocycles. The topological polar surface area (TPSA) is 63.4 Å². The van der Waals surface area contributed by atoms with E-state index < -0.39 is 11.6 Å². The Kier molecular flexibility index (Phi) is 2.13. The molecule has 0 saturated heterocycles. The molecule has 2 unspecified atom stereocenters. The summed E-state index contributed by atoms with van der Waals surface area (Å²) in [6, 6.07) is -0.753. The quantitative estimate of drug-likeness (QED) is 0.457. The third-order valence-corrected chi connectivity index (χ3v) is 2.38. The van der Waals surface area contributed by atoms with Crippen molar-refractivity contribution < 1.29 is 10.0 Å². The zero-order valence-electron chi connectivity index (χ0n) is 6.62. The summed E-state index contributed by atoms with van der Waals surface area (Å²) < 4.78 is 0. The zero-order chi connectivity index (χ0) is 8.48. The van der Waals surface area contributed by atoms with E-state index in [4.69, 9.17) is 0 Å². The maximum absolute atomic E-state index is 10.4. The lowest BCUT2D eigenvalue weighted by molar-refractivity contribution is -0.548. The first-order valence-corrected chi connectivity index (χ1v) is 3.90. The van der Waals surface area contributed by atoms with Gasteiger partial charge in [0.15, 0.2) is 0 Å². The Morgan fingerprint density at radius 3 is 2.64 bits per heavy atom. The normalized spacial score (nSPS) is 38.5. The van der Waals surface area contributed by atoms with Crippen LogP contribution in [0.3, 0.4) is 0 Å². The summed E-state index contributed by atoms with van der Waals surface area (Å²) in [5, 5.41) is 20.0. The minimum atomic E-state index is -1.08. The Hall–Kier alpha value is -0.640. The van der Waals surface area contributed by atoms with Gasteiger partial charge in [-0.05, 0) is 19.8 Å². The molecule has 1 saturated carbocycles. The molecule has 0 heterocycles. The van der Waals surface area contributed by atoms with Crippen LogP contribution in [0.5, 0.6) is 0 Å². The van der Waals surface area contributed by atoms with E-state index in [2.05, 4.69) is 0 Å². The van der Waals surface area contributed by atoms with Gasteiger partial charge in [0.25, 0.3) is 0 Å². The molecule has 2 atom stereocenters. The second-order valence-corrected chi connectivity index (χ2v) is 3.40. The van der Waals surface area contributed by atoms with Gasteiger partial charge in [0.05, 0.1) is 0 Å². The molecule has 0 radical (unpaired) electrons. The molecule has 4 nitrogen and oxygen atoms in total. The van der Waals surface area contributed by atoms with Crippen molar-refractivity contribution >= 4 is 0 Å². The molecule has 1 rings (SSSR count). The van der Waals surface area contributed by atoms with Crippen LogP contribution in [-0.2, 0) is 0 Å². The number of hydrogen-bond donors (Lipinski definition) is 1. The highest BCUT2D eigenvalue weighted by molar-refractivity contribution is 4.85. The van der Waals surface area contributed by atoms with Crippen molar-refractivity contribution in [2.45, 2.75) is 44.2 Å². The highest BCUT2D eigenvalue weighted by atomic mass is 16.6. The van der Waals surface area contributed by atoms with Crippen LogP contribution in [0.25, 0.3) is 0 Å². The van der Waals surface area contributed by atoms with E-state index in [0.717, 1.165) is 12.8 Å². The van der Waals surface area contributed by atoms with Crippen LogP contribution in [0.2, 0.25) is 0 Å². The molecule has 0 bridgehead atoms. The first kappa shape index (κ1) is 8.46. The predicted octanol–water partition coefficient (Wildman–Crippen LogP) is 0.957. The molecule has 0 spiro atoms. The van der Waals surface area contributed by atoms with Crippen LogP contribution in [0.4, 0.5) is 0 Å². The van der Waals surface area contributed by atoms with Gasteiger partial charge >= 0.3 is 0 Å². The SMILES string of the molecule is CC1(O)CCCCC1[N+](=O)[O-]. The van der Waals surface area contributed by atoms with Gasteiger partial charge in [-0.3, -0.25) is 10.1 Å². The number of rotatable bonds is 1. The third kappa shape index (κ3) is 1.68. The van der Waals surface area contributed by atoms with Gasteiger partial charge in [-0.15, -0.1) is 0 Å². The monoisotopic (exact) mass is 159 g/mol. The minimum Gasteiger partial charge on any atom is -0.383 e. The fourth-order valence-electron chi connectivity index (χ4n) is 1.63. The fourth-order valence-corrected chi connectivity index (χ4v) is 1.63. The Balaban J connectivity index is 2.67. The molecule has 1 fully saturated rings. The molecule has 0 amide bonds. The molecule has 1 aliphatic carbocycles. The molecule has 4 heteroatoms. The Bertz CT molecular complexity index is 167. The molecular formula is C7H13NO3. The van der Waals surface area contributed by atoms with Gasteiger partial charge in [0.2, 0.25) is 6.04 Å². The number of aliphatic hydroxyl groups is 1. The van der Waals surface area contributed by atoms with E-state index in [0.29, 0.717) is 12.8 Å². The summed E-state index contributed by atoms with van der Waals surface area (Å²) in [5.74, 6) is 0. The summed E-state index contributed by atoms with van der Waals surface area (Å²) in [6.45, 7) is 1.56. The standard InChI is InChI=1S/C7H13NO3/c1-7(9)5-3-2-4-6(7)8(10)11/h6,9H,2-5H2,1H3. The third-order valence-electron chi connectivity index (χ3n) is 2.38. The van der Waals surface area contributed by atoms with Crippen molar-refractivity contribution in [3.8, 4) is 0 Å². The average molecular weight is 159 g/mol. The molecule has 11 heavy (non-hydrogen) atoms. The Morgan fingerprint density at radius 1 is 1.64 bits per heavy atom. The van der Waals surface area contributed by atoms with E-state index in [1.54, 1.807) is 6.92 Å². The Morgan fingerprint density at radius 2 is 2.27 bits per heavy atom. The van der Waals surface area contributed by atoms with E-state index in [9.17, 15) is 15.2 Å². The summed E-state index contributed by atoms with van der Waals surface area (Å²) >= 11 is 0. The maximum atomic E-state index is 10.4. The smallest absolute Gasteiger partial charge is 0.241 e. The lowest BCUT2D eigenvalue weighted by Crippen LogP contribution is -2.46. The number of nitro groups is 1. The lowest BCUT2D eigenvalue weighted by atomic mass is 9.82. The van der Waals surface area contributed by atoms with Gasteiger partial charge < -0.3 is 5.11 Å². The van der Waals surface area contributed by atoms with Gasteiger partial charge in [-0.1, -0.05) is 6.42 Å². The summed E-state index contributed by atoms with van der Waals surface area (Å²) in [7, 11) is 0. The fraction of sp³-hybridized carbons (Fsp3) is 1.00. The average Bonchev–Trinajstić information content (AvgIpc) is 1.85. The summed E-state index contributed by atoms with van der Waals surface area (Å²) in [6.07, 6.45) is 2.83. The summed E-state index contributed by atoms with van der Waals surface area (Å²) in [5.41, 5.74) is -1.08. The van der Waals surface area contributed by atoms with Crippen molar-refractivity contribution in [3.63, 3.8) is 0 Å². The van der Waals surface area contributed by atoms with E-state index in [-0.39, 0.29) is 4.92 Å². The van der Waals surface area contributed by atoms with Crippen molar-refractivity contribution in [2.24, 2.45) is 0 Å². The van der Waals surface area contributed by atoms with Crippen molar-refractivity contribution in [2.75, 3.05) is 0 Å². The largest absolute Gasteiger partial charge is 0.383 e. The molecule has 1 N–H and O–H groups in total. The van der Waals surface area contributed by atoms with Gasteiger partial charge in [-0.25, -0.2) is 0 Å². The van der Waals surface area contributed by atoms with Crippen LogP contribution < -0.4 is 0 Å². The molecule has 0 aromatic heterocycles. The Labute approximate surface area is 65.4 Å². The van der Waals surface area contributed by atoms with Crippen molar-refractivity contribution in [1.82, 2.24) is 0 Å². The minimum absolute atomic E-state index is 0.362. The first-order valence-electron chi connectivity index (χ1n) is 3.90. The van der Waals surface area contributed by atoms with Gasteiger partial charge in [0.1, 0.15) is 5.60 Å².